The van der Waals surface area contributed by atoms with Gasteiger partial charge in [0.15, 0.2) is 0 Å². The molecule has 0 bridgehead atoms. The normalized spacial score (nSPS) is 11.9. The Labute approximate surface area is 117 Å². The molecule has 1 aromatic carbocycles. The molecule has 0 aliphatic heterocycles. The van der Waals surface area contributed by atoms with Crippen LogP contribution in [0.1, 0.15) is 18.7 Å². The van der Waals surface area contributed by atoms with Gasteiger partial charge in [-0.15, -0.1) is 0 Å². The van der Waals surface area contributed by atoms with Crippen molar-refractivity contribution in [2.45, 2.75) is 13.0 Å². The SMILES string of the molecule is C[C@H](NCC(=O)Nc1ccccc1F)c1ccccn1. The number of carbonyl (C=O) groups is 1. The largest absolute Gasteiger partial charge is 0.322 e. The average molecular weight is 273 g/mol. The number of aromatic nitrogens is 1. The van der Waals surface area contributed by atoms with E-state index >= 15 is 0 Å². The van der Waals surface area contributed by atoms with Crippen LogP contribution >= 0.6 is 0 Å². The van der Waals surface area contributed by atoms with Crippen LogP contribution in [0.25, 0.3) is 0 Å². The van der Waals surface area contributed by atoms with Gasteiger partial charge in [0.25, 0.3) is 0 Å². The summed E-state index contributed by atoms with van der Waals surface area (Å²) in [4.78, 5) is 15.9. The van der Waals surface area contributed by atoms with Gasteiger partial charge < -0.3 is 10.6 Å². The molecule has 0 unspecified atom stereocenters. The third-order valence-corrected chi connectivity index (χ3v) is 2.85. The van der Waals surface area contributed by atoms with Gasteiger partial charge in [-0.2, -0.15) is 0 Å². The zero-order valence-corrected chi connectivity index (χ0v) is 11.1. The van der Waals surface area contributed by atoms with Crippen molar-refractivity contribution < 1.29 is 9.18 Å². The Balaban J connectivity index is 1.85. The fraction of sp³-hybridized carbons (Fsp3) is 0.200. The van der Waals surface area contributed by atoms with Gasteiger partial charge in [0.2, 0.25) is 5.91 Å². The van der Waals surface area contributed by atoms with Crippen molar-refractivity contribution in [1.29, 1.82) is 0 Å². The molecular formula is C15H16FN3O. The second-order valence-corrected chi connectivity index (χ2v) is 4.39. The maximum absolute atomic E-state index is 13.4. The minimum Gasteiger partial charge on any atom is -0.322 e. The van der Waals surface area contributed by atoms with E-state index in [1.165, 1.54) is 12.1 Å². The first-order valence-electron chi connectivity index (χ1n) is 6.35. The van der Waals surface area contributed by atoms with Crippen LogP contribution < -0.4 is 10.6 Å². The van der Waals surface area contributed by atoms with E-state index < -0.39 is 5.82 Å². The van der Waals surface area contributed by atoms with Gasteiger partial charge >= 0.3 is 0 Å². The van der Waals surface area contributed by atoms with Gasteiger partial charge in [-0.05, 0) is 31.2 Å². The molecule has 2 aromatic rings. The van der Waals surface area contributed by atoms with E-state index in [9.17, 15) is 9.18 Å². The number of amides is 1. The minimum absolute atomic E-state index is 0.0532. The Kier molecular flexibility index (Phi) is 4.79. The third-order valence-electron chi connectivity index (χ3n) is 2.85. The quantitative estimate of drug-likeness (QED) is 0.880. The monoisotopic (exact) mass is 273 g/mol. The van der Waals surface area contributed by atoms with E-state index in [0.717, 1.165) is 5.69 Å². The van der Waals surface area contributed by atoms with Crippen molar-refractivity contribution in [3.05, 3.63) is 60.2 Å². The summed E-state index contributed by atoms with van der Waals surface area (Å²) in [5.74, 6) is -0.739. The van der Waals surface area contributed by atoms with Gasteiger partial charge in [-0.3, -0.25) is 9.78 Å². The lowest BCUT2D eigenvalue weighted by molar-refractivity contribution is -0.115. The summed E-state index contributed by atoms with van der Waals surface area (Å²) in [5, 5.41) is 5.56. The van der Waals surface area contributed by atoms with Crippen LogP contribution in [-0.2, 0) is 4.79 Å². The van der Waals surface area contributed by atoms with Crippen molar-refractivity contribution in [3.63, 3.8) is 0 Å². The summed E-state index contributed by atoms with van der Waals surface area (Å²) in [6, 6.07) is 11.6. The predicted octanol–water partition coefficient (Wildman–Crippen LogP) is 2.51. The molecule has 0 aliphatic carbocycles. The number of pyridine rings is 1. The number of hydrogen-bond donors (Lipinski definition) is 2. The molecule has 0 saturated heterocycles. The lowest BCUT2D eigenvalue weighted by atomic mass is 10.2. The molecule has 2 rings (SSSR count). The first kappa shape index (κ1) is 14.1. The Bertz CT molecular complexity index is 574. The molecule has 4 nitrogen and oxygen atoms in total. The minimum atomic E-state index is -0.446. The molecule has 104 valence electrons. The molecule has 5 heteroatoms. The van der Waals surface area contributed by atoms with Gasteiger partial charge in [-0.1, -0.05) is 18.2 Å². The molecule has 2 N–H and O–H groups in total. The number of rotatable bonds is 5. The van der Waals surface area contributed by atoms with Crippen molar-refractivity contribution in [2.75, 3.05) is 11.9 Å². The maximum atomic E-state index is 13.4. The molecule has 1 amide bonds. The van der Waals surface area contributed by atoms with E-state index in [1.807, 2.05) is 25.1 Å². The van der Waals surface area contributed by atoms with Crippen LogP contribution in [0.15, 0.2) is 48.7 Å². The van der Waals surface area contributed by atoms with Gasteiger partial charge in [0, 0.05) is 12.2 Å². The van der Waals surface area contributed by atoms with E-state index in [2.05, 4.69) is 15.6 Å². The molecule has 20 heavy (non-hydrogen) atoms. The molecule has 0 aliphatic rings. The molecule has 0 spiro atoms. The van der Waals surface area contributed by atoms with Crippen LogP contribution in [-0.4, -0.2) is 17.4 Å². The fourth-order valence-corrected chi connectivity index (χ4v) is 1.74. The van der Waals surface area contributed by atoms with Crippen LogP contribution in [0.2, 0.25) is 0 Å². The standard InChI is InChI=1S/C15H16FN3O/c1-11(13-7-4-5-9-17-13)18-10-15(20)19-14-8-3-2-6-12(14)16/h2-9,11,18H,10H2,1H3,(H,19,20)/t11-/m0/s1. The van der Waals surface area contributed by atoms with Crippen LogP contribution in [0.3, 0.4) is 0 Å². The number of para-hydroxylation sites is 1. The number of halogens is 1. The maximum Gasteiger partial charge on any atom is 0.238 e. The first-order valence-corrected chi connectivity index (χ1v) is 6.35. The van der Waals surface area contributed by atoms with Crippen molar-refractivity contribution in [2.24, 2.45) is 0 Å². The van der Waals surface area contributed by atoms with E-state index in [1.54, 1.807) is 18.3 Å². The number of nitrogens with zero attached hydrogens (tertiary/aromatic N) is 1. The number of benzene rings is 1. The van der Waals surface area contributed by atoms with Crippen molar-refractivity contribution >= 4 is 11.6 Å². The summed E-state index contributed by atoms with van der Waals surface area (Å²) in [5.41, 5.74) is 1.04. The second kappa shape index (κ2) is 6.77. The summed E-state index contributed by atoms with van der Waals surface area (Å²) in [7, 11) is 0. The highest BCUT2D eigenvalue weighted by Gasteiger charge is 2.09. The van der Waals surface area contributed by atoms with E-state index in [0.29, 0.717) is 0 Å². The fourth-order valence-electron chi connectivity index (χ4n) is 1.74. The zero-order valence-electron chi connectivity index (χ0n) is 11.1. The highest BCUT2D eigenvalue weighted by atomic mass is 19.1. The third kappa shape index (κ3) is 3.86. The lowest BCUT2D eigenvalue weighted by Crippen LogP contribution is -2.30. The first-order chi connectivity index (χ1) is 9.66. The van der Waals surface area contributed by atoms with Crippen LogP contribution in [0.4, 0.5) is 10.1 Å². The molecule has 0 radical (unpaired) electrons. The molecule has 0 fully saturated rings. The second-order valence-electron chi connectivity index (χ2n) is 4.39. The number of hydrogen-bond acceptors (Lipinski definition) is 3. The highest BCUT2D eigenvalue weighted by molar-refractivity contribution is 5.92. The Morgan fingerprint density at radius 3 is 2.70 bits per heavy atom. The summed E-state index contributed by atoms with van der Waals surface area (Å²) >= 11 is 0. The van der Waals surface area contributed by atoms with E-state index in [-0.39, 0.29) is 24.2 Å². The number of anilines is 1. The van der Waals surface area contributed by atoms with Gasteiger partial charge in [0.05, 0.1) is 17.9 Å². The zero-order chi connectivity index (χ0) is 14.4. The molecule has 1 heterocycles. The Morgan fingerprint density at radius 1 is 1.25 bits per heavy atom. The molecule has 1 aromatic heterocycles. The Hall–Kier alpha value is -2.27. The number of carbonyl (C=O) groups excluding carboxylic acids is 1. The molecular weight excluding hydrogens is 257 g/mol. The Morgan fingerprint density at radius 2 is 2.00 bits per heavy atom. The smallest absolute Gasteiger partial charge is 0.238 e. The average Bonchev–Trinajstić information content (AvgIpc) is 2.48. The van der Waals surface area contributed by atoms with Gasteiger partial charge in [-0.25, -0.2) is 4.39 Å². The molecule has 0 saturated carbocycles. The van der Waals surface area contributed by atoms with Crippen LogP contribution in [0.5, 0.6) is 0 Å². The van der Waals surface area contributed by atoms with Crippen molar-refractivity contribution in [1.82, 2.24) is 10.3 Å². The number of nitrogens with one attached hydrogen (secondary N) is 2. The summed E-state index contributed by atoms with van der Waals surface area (Å²) < 4.78 is 13.4. The lowest BCUT2D eigenvalue weighted by Gasteiger charge is -2.13. The topological polar surface area (TPSA) is 54.0 Å². The highest BCUT2D eigenvalue weighted by Crippen LogP contribution is 2.12. The van der Waals surface area contributed by atoms with Gasteiger partial charge in [0.1, 0.15) is 5.82 Å². The van der Waals surface area contributed by atoms with Crippen molar-refractivity contribution in [3.8, 4) is 0 Å². The molecule has 1 atom stereocenters. The predicted molar refractivity (Wildman–Crippen MR) is 75.7 cm³/mol. The van der Waals surface area contributed by atoms with Crippen LogP contribution in [0, 0.1) is 5.82 Å². The van der Waals surface area contributed by atoms with E-state index in [4.69, 9.17) is 0 Å². The summed E-state index contributed by atoms with van der Waals surface area (Å²) in [6.07, 6.45) is 1.70. The summed E-state index contributed by atoms with van der Waals surface area (Å²) in [6.45, 7) is 2.00.